The Morgan fingerprint density at radius 2 is 1.84 bits per heavy atom. The molecule has 0 radical (unpaired) electrons. The molecule has 0 amide bonds. The van der Waals surface area contributed by atoms with Crippen molar-refractivity contribution in [1.29, 1.82) is 0 Å². The van der Waals surface area contributed by atoms with Gasteiger partial charge < -0.3 is 22.6 Å². The van der Waals surface area contributed by atoms with E-state index in [9.17, 15) is 17.3 Å². The summed E-state index contributed by atoms with van der Waals surface area (Å²) in [7, 11) is 3.73. The molecule has 0 unspecified atom stereocenters. The number of halogens is 4. The van der Waals surface area contributed by atoms with Gasteiger partial charge in [-0.15, -0.1) is 0 Å². The van der Waals surface area contributed by atoms with Crippen molar-refractivity contribution in [3.05, 3.63) is 24.0 Å². The van der Waals surface area contributed by atoms with Crippen molar-refractivity contribution in [1.82, 2.24) is 4.90 Å². The van der Waals surface area contributed by atoms with E-state index in [0.29, 0.717) is 19.0 Å². The van der Waals surface area contributed by atoms with Gasteiger partial charge in [-0.3, -0.25) is 0 Å². The van der Waals surface area contributed by atoms with Gasteiger partial charge in [0.05, 0.1) is 12.4 Å². The standard InChI is InChI=1S/C11H15BF4NO.K/c1-17(2)6-3-7-18-11-5-4-9(13)8-10(11)12(14,15)16;/h4-5,8H,3,6-7H2,1-2H3;/q-1;+1. The fraction of sp³-hybridized carbons (Fsp3) is 0.455. The van der Waals surface area contributed by atoms with E-state index in [-0.39, 0.29) is 63.7 Å². The van der Waals surface area contributed by atoms with Crippen LogP contribution in [0.5, 0.6) is 5.75 Å². The molecule has 0 aromatic heterocycles. The summed E-state index contributed by atoms with van der Waals surface area (Å²) >= 11 is 0. The topological polar surface area (TPSA) is 12.5 Å². The molecule has 0 saturated carbocycles. The Labute approximate surface area is 153 Å². The van der Waals surface area contributed by atoms with E-state index in [2.05, 4.69) is 0 Å². The smallest absolute Gasteiger partial charge is 0.497 e. The maximum Gasteiger partial charge on any atom is 1.00 e. The first kappa shape index (κ1) is 19.4. The van der Waals surface area contributed by atoms with E-state index in [1.54, 1.807) is 0 Å². The zero-order valence-corrected chi connectivity index (χ0v) is 14.4. The fourth-order valence-corrected chi connectivity index (χ4v) is 1.47. The first-order valence-electron chi connectivity index (χ1n) is 5.57. The Balaban J connectivity index is 0.00000324. The van der Waals surface area contributed by atoms with Crippen LogP contribution in [-0.4, -0.2) is 39.1 Å². The summed E-state index contributed by atoms with van der Waals surface area (Å²) in [5, 5.41) is 0. The van der Waals surface area contributed by atoms with Gasteiger partial charge >= 0.3 is 58.4 Å². The number of ether oxygens (including phenoxy) is 1. The quantitative estimate of drug-likeness (QED) is 0.388. The molecule has 0 bridgehead atoms. The molecule has 0 aliphatic heterocycles. The monoisotopic (exact) mass is 303 g/mol. The van der Waals surface area contributed by atoms with E-state index >= 15 is 0 Å². The average Bonchev–Trinajstić information content (AvgIpc) is 2.24. The van der Waals surface area contributed by atoms with Crippen molar-refractivity contribution < 1.29 is 73.5 Å². The number of hydrogen-bond donors (Lipinski definition) is 0. The summed E-state index contributed by atoms with van der Waals surface area (Å²) < 4.78 is 55.9. The van der Waals surface area contributed by atoms with Crippen LogP contribution in [0.3, 0.4) is 0 Å². The van der Waals surface area contributed by atoms with Crippen LogP contribution in [0.15, 0.2) is 18.2 Å². The molecule has 102 valence electrons. The molecule has 0 heterocycles. The van der Waals surface area contributed by atoms with Gasteiger partial charge in [-0.25, -0.2) is 4.39 Å². The van der Waals surface area contributed by atoms with Gasteiger partial charge in [-0.05, 0) is 38.7 Å². The van der Waals surface area contributed by atoms with Crippen molar-refractivity contribution in [3.63, 3.8) is 0 Å². The van der Waals surface area contributed by atoms with Crippen molar-refractivity contribution in [2.45, 2.75) is 6.42 Å². The zero-order valence-electron chi connectivity index (χ0n) is 11.3. The van der Waals surface area contributed by atoms with Gasteiger partial charge in [0.25, 0.3) is 0 Å². The van der Waals surface area contributed by atoms with E-state index in [1.165, 1.54) is 0 Å². The van der Waals surface area contributed by atoms with E-state index in [0.717, 1.165) is 12.1 Å². The third kappa shape index (κ3) is 7.10. The van der Waals surface area contributed by atoms with Crippen LogP contribution in [0.1, 0.15) is 6.42 Å². The Morgan fingerprint density at radius 3 is 2.37 bits per heavy atom. The van der Waals surface area contributed by atoms with Crippen LogP contribution in [-0.2, 0) is 0 Å². The van der Waals surface area contributed by atoms with Gasteiger partial charge in [-0.1, -0.05) is 5.46 Å². The molecule has 1 aromatic rings. The predicted octanol–water partition coefficient (Wildman–Crippen LogP) is -0.785. The molecule has 1 rings (SSSR count). The second-order valence-electron chi connectivity index (χ2n) is 4.26. The van der Waals surface area contributed by atoms with Crippen LogP contribution in [0.4, 0.5) is 17.3 Å². The Bertz CT molecular complexity index is 401. The first-order chi connectivity index (χ1) is 8.30. The van der Waals surface area contributed by atoms with Crippen molar-refractivity contribution in [2.24, 2.45) is 0 Å². The van der Waals surface area contributed by atoms with Crippen molar-refractivity contribution >= 4 is 12.4 Å². The molecule has 0 saturated heterocycles. The third-order valence-corrected chi connectivity index (χ3v) is 2.33. The number of nitrogens with zero attached hydrogens (tertiary/aromatic N) is 1. The minimum Gasteiger partial charge on any atom is -0.497 e. The van der Waals surface area contributed by atoms with E-state index in [4.69, 9.17) is 4.74 Å². The van der Waals surface area contributed by atoms with Gasteiger partial charge in [0.1, 0.15) is 5.82 Å². The van der Waals surface area contributed by atoms with Gasteiger partial charge in [0.15, 0.2) is 0 Å². The third-order valence-electron chi connectivity index (χ3n) is 2.33. The van der Waals surface area contributed by atoms with Crippen LogP contribution in [0, 0.1) is 5.82 Å². The summed E-state index contributed by atoms with van der Waals surface area (Å²) in [5.74, 6) is -1.22. The van der Waals surface area contributed by atoms with Crippen LogP contribution in [0.2, 0.25) is 0 Å². The summed E-state index contributed by atoms with van der Waals surface area (Å²) in [6.45, 7) is -4.38. The Hall–Kier alpha value is 0.401. The minimum absolute atomic E-state index is 0. The number of benzene rings is 1. The van der Waals surface area contributed by atoms with E-state index in [1.807, 2.05) is 19.0 Å². The molecule has 0 aliphatic carbocycles. The van der Waals surface area contributed by atoms with Gasteiger partial charge in [0.2, 0.25) is 0 Å². The molecule has 0 fully saturated rings. The predicted molar refractivity (Wildman–Crippen MR) is 63.8 cm³/mol. The van der Waals surface area contributed by atoms with Crippen LogP contribution < -0.4 is 61.6 Å². The molecule has 2 nitrogen and oxygen atoms in total. The fourth-order valence-electron chi connectivity index (χ4n) is 1.47. The van der Waals surface area contributed by atoms with Crippen LogP contribution >= 0.6 is 0 Å². The average molecular weight is 303 g/mol. The maximum absolute atomic E-state index is 12.8. The molecule has 0 atom stereocenters. The SMILES string of the molecule is CN(C)CCCOc1ccc(F)cc1[B-](F)(F)F.[K+]. The number of rotatable bonds is 6. The maximum atomic E-state index is 12.8. The molecular formula is C11H15BF4KNO. The van der Waals surface area contributed by atoms with E-state index < -0.39 is 18.3 Å². The van der Waals surface area contributed by atoms with Crippen molar-refractivity contribution in [2.75, 3.05) is 27.2 Å². The summed E-state index contributed by atoms with van der Waals surface area (Å²) in [6.07, 6.45) is 0.606. The second kappa shape index (κ2) is 8.64. The molecule has 0 N–H and O–H groups in total. The second-order valence-corrected chi connectivity index (χ2v) is 4.26. The molecule has 19 heavy (non-hydrogen) atoms. The van der Waals surface area contributed by atoms with Gasteiger partial charge in [0, 0.05) is 6.54 Å². The van der Waals surface area contributed by atoms with Gasteiger partial charge in [-0.2, -0.15) is 0 Å². The normalized spacial score (nSPS) is 11.3. The first-order valence-corrected chi connectivity index (χ1v) is 5.57. The zero-order chi connectivity index (χ0) is 13.8. The molecular weight excluding hydrogens is 288 g/mol. The Kier molecular flexibility index (Phi) is 8.82. The summed E-state index contributed by atoms with van der Waals surface area (Å²) in [4.78, 5) is 1.91. The molecule has 1 aromatic carbocycles. The largest absolute Gasteiger partial charge is 1.00 e. The number of hydrogen-bond acceptors (Lipinski definition) is 2. The minimum atomic E-state index is -5.27. The molecule has 8 heteroatoms. The van der Waals surface area contributed by atoms with Crippen LogP contribution in [0.25, 0.3) is 0 Å². The molecule has 0 aliphatic rings. The summed E-state index contributed by atoms with van der Waals surface area (Å²) in [6, 6.07) is 2.46. The Morgan fingerprint density at radius 1 is 1.21 bits per heavy atom. The summed E-state index contributed by atoms with van der Waals surface area (Å²) in [5.41, 5.74) is -1.01. The molecule has 0 spiro atoms. The van der Waals surface area contributed by atoms with Crippen molar-refractivity contribution in [3.8, 4) is 5.75 Å².